The first kappa shape index (κ1) is 18.7. The molecule has 2 N–H and O–H groups in total. The molecule has 5 nitrogen and oxygen atoms in total. The van der Waals surface area contributed by atoms with Gasteiger partial charge in [0.05, 0.1) is 17.2 Å². The van der Waals surface area contributed by atoms with Crippen molar-refractivity contribution in [3.05, 3.63) is 63.6 Å². The quantitative estimate of drug-likeness (QED) is 0.782. The number of hydrogen-bond donors (Lipinski definition) is 2. The van der Waals surface area contributed by atoms with E-state index in [9.17, 15) is 9.59 Å². The Morgan fingerprint density at radius 3 is 2.58 bits per heavy atom. The first-order valence-corrected chi connectivity index (χ1v) is 8.97. The lowest BCUT2D eigenvalue weighted by atomic mass is 9.94. The van der Waals surface area contributed by atoms with Crippen LogP contribution in [0.5, 0.6) is 0 Å². The monoisotopic (exact) mass is 393 g/mol. The van der Waals surface area contributed by atoms with E-state index in [1.54, 1.807) is 18.2 Å². The van der Waals surface area contributed by atoms with E-state index in [1.807, 2.05) is 24.3 Å². The largest absolute Gasteiger partial charge is 0.465 e. The number of hydrogen-bond acceptors (Lipinski definition) is 3. The molecule has 3 rings (SSSR count). The summed E-state index contributed by atoms with van der Waals surface area (Å²) < 4.78 is 4.94. The van der Waals surface area contributed by atoms with Crippen LogP contribution in [0.3, 0.4) is 0 Å². The van der Waals surface area contributed by atoms with Gasteiger partial charge in [-0.3, -0.25) is 4.79 Å². The number of carbonyl (C=O) groups excluding carboxylic acids is 2. The maximum atomic E-state index is 12.5. The third-order valence-electron chi connectivity index (χ3n) is 4.53. The third-order valence-corrected chi connectivity index (χ3v) is 5.27. The van der Waals surface area contributed by atoms with Gasteiger partial charge in [-0.05, 0) is 23.8 Å². The third kappa shape index (κ3) is 4.18. The molecular formula is C19H19Cl2N2O3+. The maximum absolute atomic E-state index is 12.5. The molecule has 0 saturated heterocycles. The standard InChI is InChI=1S/C19H18Cl2N2O3/c1-26-19(25)17-8-12-4-2-3-5-13(12)10-23(17)11-18(24)22-14-6-7-15(20)16(21)9-14/h2-7,9,17H,8,10-11H2,1H3,(H,22,24)/p+1/t17-/m1/s1. The summed E-state index contributed by atoms with van der Waals surface area (Å²) in [6.07, 6.45) is 0.554. The molecule has 0 fully saturated rings. The van der Waals surface area contributed by atoms with Crippen LogP contribution in [0.25, 0.3) is 0 Å². The fourth-order valence-corrected chi connectivity index (χ4v) is 3.52. The normalized spacial score (nSPS) is 18.7. The molecule has 0 aliphatic carbocycles. The smallest absolute Gasteiger partial charge is 0.365 e. The van der Waals surface area contributed by atoms with Crippen LogP contribution >= 0.6 is 23.2 Å². The van der Waals surface area contributed by atoms with E-state index in [-0.39, 0.29) is 18.4 Å². The molecule has 1 amide bonds. The van der Waals surface area contributed by atoms with Gasteiger partial charge < -0.3 is 15.0 Å². The molecule has 136 valence electrons. The van der Waals surface area contributed by atoms with Gasteiger partial charge in [-0.2, -0.15) is 0 Å². The van der Waals surface area contributed by atoms with Crippen LogP contribution in [0.15, 0.2) is 42.5 Å². The lowest BCUT2D eigenvalue weighted by Crippen LogP contribution is -3.17. The number of fused-ring (bicyclic) bond motifs is 1. The average Bonchev–Trinajstić information content (AvgIpc) is 2.63. The average molecular weight is 394 g/mol. The summed E-state index contributed by atoms with van der Waals surface area (Å²) in [5, 5.41) is 3.60. The first-order chi connectivity index (χ1) is 12.5. The van der Waals surface area contributed by atoms with Gasteiger partial charge in [-0.25, -0.2) is 4.79 Å². The van der Waals surface area contributed by atoms with Crippen LogP contribution in [-0.4, -0.2) is 31.6 Å². The second kappa shape index (κ2) is 8.08. The zero-order chi connectivity index (χ0) is 18.7. The Hall–Kier alpha value is -2.08. The van der Waals surface area contributed by atoms with Crippen molar-refractivity contribution in [2.24, 2.45) is 0 Å². The van der Waals surface area contributed by atoms with E-state index < -0.39 is 6.04 Å². The van der Waals surface area contributed by atoms with E-state index in [0.29, 0.717) is 28.7 Å². The molecule has 0 radical (unpaired) electrons. The summed E-state index contributed by atoms with van der Waals surface area (Å²) in [7, 11) is 1.37. The summed E-state index contributed by atoms with van der Waals surface area (Å²) >= 11 is 11.9. The van der Waals surface area contributed by atoms with Gasteiger partial charge >= 0.3 is 5.97 Å². The second-order valence-electron chi connectivity index (χ2n) is 6.24. The van der Waals surface area contributed by atoms with Crippen molar-refractivity contribution in [2.75, 3.05) is 19.0 Å². The Balaban J connectivity index is 1.74. The molecule has 1 heterocycles. The van der Waals surface area contributed by atoms with E-state index in [1.165, 1.54) is 7.11 Å². The fraction of sp³-hybridized carbons (Fsp3) is 0.263. The molecule has 2 atom stereocenters. The predicted molar refractivity (Wildman–Crippen MR) is 101 cm³/mol. The number of halogens is 2. The van der Waals surface area contributed by atoms with Crippen molar-refractivity contribution >= 4 is 40.8 Å². The minimum atomic E-state index is -0.408. The highest BCUT2D eigenvalue weighted by molar-refractivity contribution is 6.42. The highest BCUT2D eigenvalue weighted by atomic mass is 35.5. The Morgan fingerprint density at radius 1 is 1.15 bits per heavy atom. The van der Waals surface area contributed by atoms with Crippen molar-refractivity contribution < 1.29 is 19.2 Å². The second-order valence-corrected chi connectivity index (χ2v) is 7.05. The summed E-state index contributed by atoms with van der Waals surface area (Å²) in [6, 6.07) is 12.5. The number of carbonyl (C=O) groups is 2. The molecule has 26 heavy (non-hydrogen) atoms. The number of rotatable bonds is 4. The molecular weight excluding hydrogens is 375 g/mol. The number of quaternary nitrogens is 1. The predicted octanol–water partition coefficient (Wildman–Crippen LogP) is 2.11. The van der Waals surface area contributed by atoms with Crippen LogP contribution < -0.4 is 10.2 Å². The Morgan fingerprint density at radius 2 is 1.88 bits per heavy atom. The van der Waals surface area contributed by atoms with Crippen LogP contribution in [0.2, 0.25) is 10.0 Å². The maximum Gasteiger partial charge on any atom is 0.365 e. The number of benzene rings is 2. The van der Waals surface area contributed by atoms with Crippen LogP contribution in [0, 0.1) is 0 Å². The van der Waals surface area contributed by atoms with Gasteiger partial charge in [0.25, 0.3) is 5.91 Å². The zero-order valence-electron chi connectivity index (χ0n) is 14.2. The molecule has 1 aliphatic heterocycles. The van der Waals surface area contributed by atoms with Crippen molar-refractivity contribution in [3.8, 4) is 0 Å². The Labute approximate surface area is 161 Å². The van der Waals surface area contributed by atoms with Gasteiger partial charge in [0.1, 0.15) is 6.54 Å². The van der Waals surface area contributed by atoms with Crippen molar-refractivity contribution in [1.29, 1.82) is 0 Å². The highest BCUT2D eigenvalue weighted by Gasteiger charge is 2.37. The topological polar surface area (TPSA) is 59.8 Å². The number of ether oxygens (including phenoxy) is 1. The van der Waals surface area contributed by atoms with Crippen molar-refractivity contribution in [1.82, 2.24) is 0 Å². The highest BCUT2D eigenvalue weighted by Crippen LogP contribution is 2.24. The summed E-state index contributed by atoms with van der Waals surface area (Å²) in [4.78, 5) is 25.5. The SMILES string of the molecule is COC(=O)[C@H]1Cc2ccccc2C[NH+]1CC(=O)Nc1ccc(Cl)c(Cl)c1. The summed E-state index contributed by atoms with van der Waals surface area (Å²) in [5.74, 6) is -0.511. The number of nitrogens with one attached hydrogen (secondary N) is 2. The molecule has 1 unspecified atom stereocenters. The first-order valence-electron chi connectivity index (χ1n) is 8.22. The Bertz CT molecular complexity index is 841. The lowest BCUT2D eigenvalue weighted by molar-refractivity contribution is -0.924. The molecule has 0 spiro atoms. The zero-order valence-corrected chi connectivity index (χ0v) is 15.7. The number of esters is 1. The Kier molecular flexibility index (Phi) is 5.81. The molecule has 1 aliphatic rings. The van der Waals surface area contributed by atoms with E-state index >= 15 is 0 Å². The molecule has 2 aromatic rings. The van der Waals surface area contributed by atoms with Crippen molar-refractivity contribution in [3.63, 3.8) is 0 Å². The van der Waals surface area contributed by atoms with Gasteiger partial charge in [-0.15, -0.1) is 0 Å². The molecule has 7 heteroatoms. The minimum absolute atomic E-state index is 0.147. The van der Waals surface area contributed by atoms with Crippen molar-refractivity contribution in [2.45, 2.75) is 19.0 Å². The summed E-state index contributed by atoms with van der Waals surface area (Å²) in [6.45, 7) is 0.735. The van der Waals surface area contributed by atoms with Crippen LogP contribution in [0.4, 0.5) is 5.69 Å². The number of methoxy groups -OCH3 is 1. The van der Waals surface area contributed by atoms with E-state index in [0.717, 1.165) is 16.0 Å². The van der Waals surface area contributed by atoms with E-state index in [4.69, 9.17) is 27.9 Å². The fourth-order valence-electron chi connectivity index (χ4n) is 3.22. The molecule has 2 aromatic carbocycles. The van der Waals surface area contributed by atoms with Crippen LogP contribution in [0.1, 0.15) is 11.1 Å². The molecule has 0 saturated carbocycles. The van der Waals surface area contributed by atoms with Gasteiger partial charge in [0, 0.05) is 17.7 Å². The molecule has 0 bridgehead atoms. The van der Waals surface area contributed by atoms with E-state index in [2.05, 4.69) is 5.32 Å². The van der Waals surface area contributed by atoms with Gasteiger partial charge in [0.15, 0.2) is 12.6 Å². The summed E-state index contributed by atoms with van der Waals surface area (Å²) in [5.41, 5.74) is 2.83. The number of amides is 1. The minimum Gasteiger partial charge on any atom is -0.465 e. The lowest BCUT2D eigenvalue weighted by Gasteiger charge is -2.31. The van der Waals surface area contributed by atoms with Crippen LogP contribution in [-0.2, 0) is 27.3 Å². The van der Waals surface area contributed by atoms with Gasteiger partial charge in [-0.1, -0.05) is 47.5 Å². The number of anilines is 1. The molecule has 0 aromatic heterocycles. The van der Waals surface area contributed by atoms with Gasteiger partial charge in [0.2, 0.25) is 0 Å².